The lowest BCUT2D eigenvalue weighted by atomic mass is 9.12. The number of aryl methyl sites for hydroxylation is 1. The lowest BCUT2D eigenvalue weighted by molar-refractivity contribution is -0.689. The highest BCUT2D eigenvalue weighted by Crippen LogP contribution is 2.41. The van der Waals surface area contributed by atoms with Crippen LogP contribution in [0.2, 0.25) is 0 Å². The van der Waals surface area contributed by atoms with Gasteiger partial charge in [0.15, 0.2) is 12.7 Å². The van der Waals surface area contributed by atoms with Crippen LogP contribution in [0.1, 0.15) is 66.1 Å². The third-order valence-corrected chi connectivity index (χ3v) is 11.9. The zero-order valence-electron chi connectivity index (χ0n) is 39.4. The maximum atomic E-state index is 14.2. The summed E-state index contributed by atoms with van der Waals surface area (Å²) in [5.74, 6) is 0.0967. The molecule has 0 atom stereocenters. The maximum Gasteiger partial charge on any atom is 0.416 e. The van der Waals surface area contributed by atoms with E-state index in [1.165, 1.54) is 0 Å². The van der Waals surface area contributed by atoms with Crippen LogP contribution in [0, 0.1) is 6.92 Å². The van der Waals surface area contributed by atoms with Gasteiger partial charge in [0.05, 0.1) is 50.7 Å². The van der Waals surface area contributed by atoms with Crippen LogP contribution < -0.4 is 31.2 Å². The Morgan fingerprint density at radius 2 is 0.713 bits per heavy atom. The molecule has 0 aliphatic heterocycles. The molecule has 0 unspecified atom stereocenters. The molecule has 0 radical (unpaired) electrons. The molecule has 29 heteroatoms. The fourth-order valence-corrected chi connectivity index (χ4v) is 8.32. The summed E-state index contributed by atoms with van der Waals surface area (Å²) >= 11 is 0. The Bertz CT molecular complexity index is 2940. The van der Waals surface area contributed by atoms with Crippen LogP contribution in [0.25, 0.3) is 0 Å². The number of carbonyl (C=O) groups excluding carboxylic acids is 1. The predicted octanol–water partition coefficient (Wildman–Crippen LogP) is 14.2. The first-order valence-corrected chi connectivity index (χ1v) is 22.0. The largest absolute Gasteiger partial charge is 0.421 e. The Labute approximate surface area is 433 Å². The third kappa shape index (κ3) is 14.3. The highest BCUT2D eigenvalue weighted by molar-refractivity contribution is 7.20. The first-order chi connectivity index (χ1) is 36.5. The molecule has 0 bridgehead atoms. The van der Waals surface area contributed by atoms with E-state index in [-0.39, 0.29) is 5.69 Å². The molecule has 80 heavy (non-hydrogen) atoms. The van der Waals surface area contributed by atoms with E-state index < -0.39 is 201 Å². The van der Waals surface area contributed by atoms with Crippen molar-refractivity contribution in [3.63, 3.8) is 0 Å². The Morgan fingerprint density at radius 1 is 0.425 bits per heavy atom. The fraction of sp³-hybridized carbons (Fsp3) is 0.196. The molecule has 0 N–H and O–H groups in total. The van der Waals surface area contributed by atoms with Gasteiger partial charge < -0.3 is 4.74 Å². The van der Waals surface area contributed by atoms with Gasteiger partial charge in [-0.1, -0.05) is 97.1 Å². The molecule has 0 amide bonds. The molecule has 7 aromatic rings. The van der Waals surface area contributed by atoms with Crippen molar-refractivity contribution < 1.29 is 119 Å². The topological polar surface area (TPSA) is 43.1 Å². The monoisotopic (exact) mass is 1170 g/mol. The van der Waals surface area contributed by atoms with E-state index in [2.05, 4.69) is 4.98 Å². The number of nitrogens with zero attached hydrogens (tertiary/aromatic N) is 2. The summed E-state index contributed by atoms with van der Waals surface area (Å²) in [6.07, 6.45) is -49.7. The first-order valence-electron chi connectivity index (χ1n) is 22.0. The van der Waals surface area contributed by atoms with E-state index in [0.717, 1.165) is 11.1 Å². The molecule has 0 saturated carbocycles. The number of hydrogen-bond donors (Lipinski definition) is 0. The van der Waals surface area contributed by atoms with Gasteiger partial charge in [0, 0.05) is 5.56 Å². The Balaban J connectivity index is 0.000000370. The number of hydrogen-bond acceptors (Lipinski definition) is 3. The van der Waals surface area contributed by atoms with E-state index in [1.54, 1.807) is 18.5 Å². The summed E-state index contributed by atoms with van der Waals surface area (Å²) < 4.78 is 348. The van der Waals surface area contributed by atoms with Gasteiger partial charge in [-0.2, -0.15) is 132 Å². The summed E-state index contributed by atoms with van der Waals surface area (Å²) in [5.41, 5.74) is -27.9. The van der Waals surface area contributed by atoms with Crippen molar-refractivity contribution >= 4 is 34.0 Å². The van der Waals surface area contributed by atoms with Crippen LogP contribution in [0.5, 0.6) is 5.75 Å². The van der Waals surface area contributed by atoms with Crippen LogP contribution in [-0.4, -0.2) is 17.1 Å². The summed E-state index contributed by atoms with van der Waals surface area (Å²) in [6.45, 7) is 2.57. The summed E-state index contributed by atoms with van der Waals surface area (Å²) in [6, 6.07) is 8.64. The second kappa shape index (κ2) is 21.7. The molecular formula is C51H29BF24N2O2. The Kier molecular flexibility index (Phi) is 16.7. The van der Waals surface area contributed by atoms with Crippen LogP contribution >= 0.6 is 0 Å². The number of benzene rings is 6. The zero-order valence-corrected chi connectivity index (χ0v) is 39.4. The average molecular weight is 1170 g/mol. The smallest absolute Gasteiger partial charge is 0.416 e. The minimum atomic E-state index is -6.13. The minimum Gasteiger partial charge on any atom is -0.421 e. The van der Waals surface area contributed by atoms with Crippen LogP contribution in [0.15, 0.2) is 146 Å². The molecular weight excluding hydrogens is 1140 g/mol. The molecule has 1 aromatic heterocycles. The van der Waals surface area contributed by atoms with Crippen molar-refractivity contribution in [1.29, 1.82) is 0 Å². The number of rotatable bonds is 8. The molecule has 4 nitrogen and oxygen atoms in total. The van der Waals surface area contributed by atoms with Crippen LogP contribution in [0.3, 0.4) is 0 Å². The quantitative estimate of drug-likeness (QED) is 0.0501. The number of aromatic nitrogens is 2. The Hall–Kier alpha value is -7.75. The highest BCUT2D eigenvalue weighted by Gasteiger charge is 2.47. The summed E-state index contributed by atoms with van der Waals surface area (Å²) in [4.78, 5) is 16.4. The van der Waals surface area contributed by atoms with Gasteiger partial charge in [0.2, 0.25) is 11.9 Å². The number of para-hydroxylation sites is 1. The van der Waals surface area contributed by atoms with Gasteiger partial charge in [0.25, 0.3) is 0 Å². The predicted molar refractivity (Wildman–Crippen MR) is 236 cm³/mol. The molecule has 1 heterocycles. The van der Waals surface area contributed by atoms with Gasteiger partial charge in [-0.05, 0) is 42.8 Å². The van der Waals surface area contributed by atoms with Crippen molar-refractivity contribution in [2.24, 2.45) is 0 Å². The van der Waals surface area contributed by atoms with Crippen molar-refractivity contribution in [3.05, 3.63) is 207 Å². The standard InChI is InChI=1S/C32H12BF24.C19H17N2O2/c34-25(35,36)13-1-14(26(37,38)39)6-21(5-13)33(22-7-15(27(40,41)42)2-16(8-22)28(43,44)45,23-9-17(29(46,47)48)3-18(10-23)30(49,50)51)24-11-19(31(52,53)54)4-20(12-24)32(55,56)57;1-15-7-5-6-10-18(15)23-19(22)17-14-21(12-11-20-17)13-16-8-3-2-4-9-16/h1-12H;2-12,14H,13H2,1H3/q-1;+1. The number of halogens is 24. The lowest BCUT2D eigenvalue weighted by Gasteiger charge is -2.46. The highest BCUT2D eigenvalue weighted by atomic mass is 19.4. The minimum absolute atomic E-state index is 0.284. The zero-order chi connectivity index (χ0) is 60.0. The molecule has 6 aromatic carbocycles. The Morgan fingerprint density at radius 3 is 1.00 bits per heavy atom. The van der Waals surface area contributed by atoms with Gasteiger partial charge in [-0.15, -0.1) is 0 Å². The molecule has 0 fully saturated rings. The van der Waals surface area contributed by atoms with E-state index in [1.807, 2.05) is 66.2 Å². The third-order valence-electron chi connectivity index (χ3n) is 11.9. The SMILES string of the molecule is Cc1ccccc1OC(=O)c1c[n+](Cc2ccccc2)ccn1.FC(F)(F)c1cc([B-](c2cc(C(F)(F)F)cc(C(F)(F)F)c2)(c2cc(C(F)(F)F)cc(C(F)(F)F)c2)c2cc(C(F)(F)F)cc(C(F)(F)F)c2)cc(C(F)(F)F)c1. The lowest BCUT2D eigenvalue weighted by Crippen LogP contribution is -2.75. The number of alkyl halides is 24. The summed E-state index contributed by atoms with van der Waals surface area (Å²) in [5, 5.41) is 0. The summed E-state index contributed by atoms with van der Waals surface area (Å²) in [7, 11) is 0. The van der Waals surface area contributed by atoms with Crippen molar-refractivity contribution in [1.82, 2.24) is 4.98 Å². The number of esters is 1. The van der Waals surface area contributed by atoms with Crippen LogP contribution in [-0.2, 0) is 56.0 Å². The second-order valence-electron chi connectivity index (χ2n) is 17.5. The first kappa shape index (κ1) is 61.5. The molecule has 0 saturated heterocycles. The maximum absolute atomic E-state index is 14.2. The molecule has 0 spiro atoms. The van der Waals surface area contributed by atoms with Crippen LogP contribution in [0.4, 0.5) is 105 Å². The average Bonchev–Trinajstić information content (AvgIpc) is 3.33. The van der Waals surface area contributed by atoms with E-state index >= 15 is 0 Å². The second-order valence-corrected chi connectivity index (χ2v) is 17.5. The number of carbonyl (C=O) groups is 1. The van der Waals surface area contributed by atoms with E-state index in [4.69, 9.17) is 4.74 Å². The van der Waals surface area contributed by atoms with E-state index in [0.29, 0.717) is 12.3 Å². The van der Waals surface area contributed by atoms with Gasteiger partial charge in [0.1, 0.15) is 11.9 Å². The normalized spacial score (nSPS) is 13.2. The molecule has 0 aliphatic carbocycles. The van der Waals surface area contributed by atoms with Gasteiger partial charge in [-0.25, -0.2) is 9.78 Å². The molecule has 0 aliphatic rings. The van der Waals surface area contributed by atoms with Gasteiger partial charge >= 0.3 is 55.4 Å². The molecule has 426 valence electrons. The number of ether oxygens (including phenoxy) is 1. The van der Waals surface area contributed by atoms with E-state index in [9.17, 15) is 110 Å². The van der Waals surface area contributed by atoms with Crippen molar-refractivity contribution in [2.45, 2.75) is 62.9 Å². The van der Waals surface area contributed by atoms with Gasteiger partial charge in [-0.3, -0.25) is 0 Å². The van der Waals surface area contributed by atoms with Crippen molar-refractivity contribution in [3.8, 4) is 5.75 Å². The molecule has 7 rings (SSSR count). The van der Waals surface area contributed by atoms with Crippen molar-refractivity contribution in [2.75, 3.05) is 0 Å². The fourth-order valence-electron chi connectivity index (χ4n) is 8.32.